The largest absolute Gasteiger partial charge is 0.337 e. The monoisotopic (exact) mass is 395 g/mol. The van der Waals surface area contributed by atoms with Gasteiger partial charge in [-0.1, -0.05) is 32.1 Å². The molecule has 6 nitrogen and oxygen atoms in total. The molecule has 2 aromatic rings. The molecule has 3 fully saturated rings. The van der Waals surface area contributed by atoms with Crippen molar-refractivity contribution in [2.45, 2.75) is 57.8 Å². The van der Waals surface area contributed by atoms with Gasteiger partial charge in [-0.25, -0.2) is 9.97 Å². The van der Waals surface area contributed by atoms with Crippen molar-refractivity contribution < 1.29 is 4.79 Å². The van der Waals surface area contributed by atoms with Crippen LogP contribution in [0.2, 0.25) is 0 Å². The zero-order valence-electron chi connectivity index (χ0n) is 17.4. The van der Waals surface area contributed by atoms with E-state index >= 15 is 0 Å². The SMILES string of the molecule is O=C(c1cn2cccnc2n1)N1CC[C@]2(CCCN(CCC3CCCCC3)C2)C1. The molecule has 0 unspecified atom stereocenters. The maximum absolute atomic E-state index is 13.1. The summed E-state index contributed by atoms with van der Waals surface area (Å²) < 4.78 is 1.83. The Morgan fingerprint density at radius 1 is 1.10 bits per heavy atom. The van der Waals surface area contributed by atoms with E-state index in [0.29, 0.717) is 11.5 Å². The fourth-order valence-electron chi connectivity index (χ4n) is 5.88. The molecule has 0 radical (unpaired) electrons. The number of amides is 1. The predicted octanol–water partition coefficient (Wildman–Crippen LogP) is 3.63. The van der Waals surface area contributed by atoms with E-state index in [2.05, 4.69) is 14.9 Å². The smallest absolute Gasteiger partial charge is 0.274 e. The van der Waals surface area contributed by atoms with Gasteiger partial charge in [-0.2, -0.15) is 0 Å². The van der Waals surface area contributed by atoms with Crippen LogP contribution in [-0.2, 0) is 0 Å². The molecule has 1 saturated carbocycles. The van der Waals surface area contributed by atoms with E-state index in [4.69, 9.17) is 0 Å². The van der Waals surface area contributed by atoms with Crippen molar-refractivity contribution in [3.63, 3.8) is 0 Å². The second-order valence-corrected chi connectivity index (χ2v) is 9.60. The van der Waals surface area contributed by atoms with Gasteiger partial charge in [0.15, 0.2) is 0 Å². The number of fused-ring (bicyclic) bond motifs is 1. The molecular formula is C23H33N5O. The Bertz CT molecular complexity index is 825. The van der Waals surface area contributed by atoms with E-state index in [1.165, 1.54) is 64.5 Å². The van der Waals surface area contributed by atoms with Crippen molar-refractivity contribution in [1.82, 2.24) is 24.2 Å². The highest BCUT2D eigenvalue weighted by molar-refractivity contribution is 5.93. The van der Waals surface area contributed by atoms with Gasteiger partial charge in [-0.05, 0) is 50.8 Å². The Hall–Kier alpha value is -1.95. The van der Waals surface area contributed by atoms with Crippen molar-refractivity contribution in [2.75, 3.05) is 32.7 Å². The lowest BCUT2D eigenvalue weighted by Gasteiger charge is -2.41. The zero-order chi connectivity index (χ0) is 19.7. The van der Waals surface area contributed by atoms with Crippen molar-refractivity contribution in [1.29, 1.82) is 0 Å². The van der Waals surface area contributed by atoms with Gasteiger partial charge < -0.3 is 9.80 Å². The first-order valence-electron chi connectivity index (χ1n) is 11.5. The molecule has 1 spiro atoms. The summed E-state index contributed by atoms with van der Waals surface area (Å²) in [5.74, 6) is 1.61. The number of piperidine rings is 1. The number of aromatic nitrogens is 3. The molecule has 0 bridgehead atoms. The molecule has 3 aliphatic rings. The van der Waals surface area contributed by atoms with Crippen LogP contribution >= 0.6 is 0 Å². The maximum atomic E-state index is 13.1. The van der Waals surface area contributed by atoms with Crippen LogP contribution in [0.1, 0.15) is 68.3 Å². The number of rotatable bonds is 4. The number of nitrogens with zero attached hydrogens (tertiary/aromatic N) is 5. The summed E-state index contributed by atoms with van der Waals surface area (Å²) in [6.45, 7) is 5.39. The molecule has 1 aliphatic carbocycles. The Kier molecular flexibility index (Phi) is 5.29. The number of carbonyl (C=O) groups excluding carboxylic acids is 1. The Labute approximate surface area is 173 Å². The highest BCUT2D eigenvalue weighted by Crippen LogP contribution is 2.39. The van der Waals surface area contributed by atoms with Gasteiger partial charge >= 0.3 is 0 Å². The molecule has 6 heteroatoms. The summed E-state index contributed by atoms with van der Waals surface area (Å²) in [6.07, 6.45) is 17.6. The summed E-state index contributed by atoms with van der Waals surface area (Å²) >= 11 is 0. The molecule has 1 atom stereocenters. The third-order valence-corrected chi connectivity index (χ3v) is 7.50. The van der Waals surface area contributed by atoms with E-state index in [1.807, 2.05) is 27.8 Å². The van der Waals surface area contributed by atoms with Gasteiger partial charge in [-0.15, -0.1) is 0 Å². The van der Waals surface area contributed by atoms with Gasteiger partial charge in [0.05, 0.1) is 0 Å². The van der Waals surface area contributed by atoms with Crippen molar-refractivity contribution in [3.05, 3.63) is 30.4 Å². The van der Waals surface area contributed by atoms with Crippen LogP contribution in [0.5, 0.6) is 0 Å². The van der Waals surface area contributed by atoms with E-state index in [-0.39, 0.29) is 11.3 Å². The first-order valence-corrected chi connectivity index (χ1v) is 11.5. The van der Waals surface area contributed by atoms with Crippen LogP contribution < -0.4 is 0 Å². The second-order valence-electron chi connectivity index (χ2n) is 9.60. The van der Waals surface area contributed by atoms with Gasteiger partial charge in [0.1, 0.15) is 5.69 Å². The lowest BCUT2D eigenvalue weighted by Crippen LogP contribution is -2.46. The Balaban J connectivity index is 1.20. The highest BCUT2D eigenvalue weighted by atomic mass is 16.2. The summed E-state index contributed by atoms with van der Waals surface area (Å²) in [6, 6.07) is 1.86. The minimum Gasteiger partial charge on any atom is -0.337 e. The third-order valence-electron chi connectivity index (χ3n) is 7.50. The molecule has 0 N–H and O–H groups in total. The topological polar surface area (TPSA) is 53.7 Å². The van der Waals surface area contributed by atoms with Crippen LogP contribution in [0, 0.1) is 11.3 Å². The number of hydrogen-bond donors (Lipinski definition) is 0. The fourth-order valence-corrected chi connectivity index (χ4v) is 5.88. The van der Waals surface area contributed by atoms with Gasteiger partial charge in [0.25, 0.3) is 5.91 Å². The van der Waals surface area contributed by atoms with Crippen molar-refractivity contribution in [3.8, 4) is 0 Å². The van der Waals surface area contributed by atoms with Gasteiger partial charge in [0.2, 0.25) is 5.78 Å². The Morgan fingerprint density at radius 3 is 2.86 bits per heavy atom. The molecule has 4 heterocycles. The van der Waals surface area contributed by atoms with Gasteiger partial charge in [-0.3, -0.25) is 9.20 Å². The molecule has 2 aliphatic heterocycles. The summed E-state index contributed by atoms with van der Waals surface area (Å²) in [7, 11) is 0. The molecule has 156 valence electrons. The normalized spacial score (nSPS) is 26.6. The number of likely N-dealkylation sites (tertiary alicyclic amines) is 2. The summed E-state index contributed by atoms with van der Waals surface area (Å²) in [5.41, 5.74) is 0.809. The van der Waals surface area contributed by atoms with Crippen molar-refractivity contribution >= 4 is 11.7 Å². The molecular weight excluding hydrogens is 362 g/mol. The third kappa shape index (κ3) is 4.04. The van der Waals surface area contributed by atoms with E-state index < -0.39 is 0 Å². The molecule has 5 rings (SSSR count). The molecule has 1 amide bonds. The van der Waals surface area contributed by atoms with Crippen LogP contribution in [0.4, 0.5) is 0 Å². The highest BCUT2D eigenvalue weighted by Gasteiger charge is 2.43. The van der Waals surface area contributed by atoms with Gasteiger partial charge in [0, 0.05) is 43.6 Å². The minimum absolute atomic E-state index is 0.0618. The van der Waals surface area contributed by atoms with E-state index in [9.17, 15) is 4.79 Å². The summed E-state index contributed by atoms with van der Waals surface area (Å²) in [5, 5.41) is 0. The maximum Gasteiger partial charge on any atom is 0.274 e. The fraction of sp³-hybridized carbons (Fsp3) is 0.696. The molecule has 0 aromatic carbocycles. The first-order chi connectivity index (χ1) is 14.2. The van der Waals surface area contributed by atoms with E-state index in [1.54, 1.807) is 6.20 Å². The van der Waals surface area contributed by atoms with Crippen LogP contribution in [0.25, 0.3) is 5.78 Å². The minimum atomic E-state index is 0.0618. The zero-order valence-corrected chi connectivity index (χ0v) is 17.4. The Morgan fingerprint density at radius 2 is 2.00 bits per heavy atom. The predicted molar refractivity (Wildman–Crippen MR) is 113 cm³/mol. The van der Waals surface area contributed by atoms with Crippen LogP contribution in [0.3, 0.4) is 0 Å². The second kappa shape index (κ2) is 8.05. The average molecular weight is 396 g/mol. The average Bonchev–Trinajstić information content (AvgIpc) is 3.37. The molecule has 2 saturated heterocycles. The van der Waals surface area contributed by atoms with Crippen molar-refractivity contribution in [2.24, 2.45) is 11.3 Å². The van der Waals surface area contributed by atoms with E-state index in [0.717, 1.165) is 32.0 Å². The quantitative estimate of drug-likeness (QED) is 0.793. The van der Waals surface area contributed by atoms with Crippen LogP contribution in [0.15, 0.2) is 24.7 Å². The number of imidazole rings is 1. The lowest BCUT2D eigenvalue weighted by molar-refractivity contribution is 0.0670. The molecule has 2 aromatic heterocycles. The van der Waals surface area contributed by atoms with Crippen LogP contribution in [-0.4, -0.2) is 62.8 Å². The lowest BCUT2D eigenvalue weighted by atomic mass is 9.79. The standard InChI is InChI=1S/C23H33N5O/c29-21(20-16-27-13-5-11-24-22(27)25-20)28-15-10-23(18-28)9-4-12-26(17-23)14-8-19-6-2-1-3-7-19/h5,11,13,16,19H,1-4,6-10,12,14-15,17-18H2/t23-/m0/s1. The number of carbonyl (C=O) groups is 1. The first kappa shape index (κ1) is 19.0. The summed E-state index contributed by atoms with van der Waals surface area (Å²) in [4.78, 5) is 26.5. The number of hydrogen-bond acceptors (Lipinski definition) is 4. The molecule has 29 heavy (non-hydrogen) atoms.